The second-order valence-corrected chi connectivity index (χ2v) is 26.5. The average Bonchev–Trinajstić information content (AvgIpc) is 1.54. The molecule has 6 heteroatoms. The Morgan fingerprint density at radius 1 is 0.278 bits per heavy atom. The number of nitrogens with zero attached hydrogens (tertiary/aromatic N) is 3. The van der Waals surface area contributed by atoms with Crippen molar-refractivity contribution in [2.75, 3.05) is 0 Å². The van der Waals surface area contributed by atoms with Crippen molar-refractivity contribution >= 4 is 97.2 Å². The van der Waals surface area contributed by atoms with Crippen LogP contribution in [0.1, 0.15) is 97.2 Å². The van der Waals surface area contributed by atoms with E-state index >= 15 is 0 Å². The van der Waals surface area contributed by atoms with E-state index in [9.17, 15) is 0 Å². The second kappa shape index (κ2) is 19.2. The zero-order valence-corrected chi connectivity index (χ0v) is 49.5. The molecule has 0 spiro atoms. The molecule has 0 atom stereocenters. The molecule has 6 nitrogen and oxygen atoms in total. The average molecular weight is 1170 g/mol. The largest absolute Gasteiger partial charge is 0.434 e. The van der Waals surface area contributed by atoms with E-state index in [1.54, 1.807) is 0 Å². The molecule has 3 aliphatic heterocycles. The van der Waals surface area contributed by atoms with Crippen LogP contribution in [0.15, 0.2) is 219 Å². The molecule has 0 saturated heterocycles. The Kier molecular flexibility index (Phi) is 11.7. The number of aromatic nitrogens is 3. The number of pyridine rings is 3. The fraction of sp³-hybridized carbons (Fsp3) is 0.179. The number of hydrogen-bond acceptors (Lipinski definition) is 3. The van der Waals surface area contributed by atoms with Gasteiger partial charge in [0.05, 0.1) is 16.7 Å². The molecule has 21 rings (SSSR count). The topological polar surface area (TPSA) is 39.3 Å². The molecule has 438 valence electrons. The number of ether oxygens (including phenoxy) is 3. The van der Waals surface area contributed by atoms with Crippen molar-refractivity contribution in [3.05, 3.63) is 252 Å². The van der Waals surface area contributed by atoms with Gasteiger partial charge >= 0.3 is 0 Å². The van der Waals surface area contributed by atoms with Gasteiger partial charge in [0.2, 0.25) is 28.1 Å². The third kappa shape index (κ3) is 7.19. The summed E-state index contributed by atoms with van der Waals surface area (Å²) >= 11 is 0. The van der Waals surface area contributed by atoms with Crippen molar-refractivity contribution in [3.8, 4) is 51.0 Å². The maximum absolute atomic E-state index is 6.60. The Bertz CT molecular complexity index is 5680. The number of hydrogen-bond donors (Lipinski definition) is 0. The molecule has 0 amide bonds. The van der Waals surface area contributed by atoms with Gasteiger partial charge in [0, 0.05) is 78.1 Å². The fourth-order valence-electron chi connectivity index (χ4n) is 16.5. The summed E-state index contributed by atoms with van der Waals surface area (Å²) in [7, 11) is 0. The van der Waals surface area contributed by atoms with E-state index in [4.69, 9.17) is 14.2 Å². The molecular formula is C84H72N3O3+3. The first-order valence-electron chi connectivity index (χ1n) is 30.7. The Labute approximate surface area is 525 Å². The minimum atomic E-state index is -0.0974. The third-order valence-electron chi connectivity index (χ3n) is 20.9. The first-order chi connectivity index (χ1) is 42.4. The van der Waals surface area contributed by atoms with Crippen LogP contribution in [0.3, 0.4) is 0 Å². The monoisotopic (exact) mass is 1170 g/mol. The summed E-state index contributed by atoms with van der Waals surface area (Å²) in [5.41, 5.74) is 18.4. The lowest BCUT2D eigenvalue weighted by molar-refractivity contribution is -0.717. The van der Waals surface area contributed by atoms with E-state index in [1.165, 1.54) is 164 Å². The van der Waals surface area contributed by atoms with E-state index in [2.05, 4.69) is 274 Å². The number of para-hydroxylation sites is 1. The van der Waals surface area contributed by atoms with Crippen LogP contribution in [0, 0.1) is 0 Å². The predicted octanol–water partition coefficient (Wildman–Crippen LogP) is 20.2. The summed E-state index contributed by atoms with van der Waals surface area (Å²) in [6.07, 6.45) is 2.12. The highest BCUT2D eigenvalue weighted by molar-refractivity contribution is 6.16. The molecule has 3 aliphatic carbocycles. The molecule has 6 heterocycles. The van der Waals surface area contributed by atoms with Gasteiger partial charge in [0.25, 0.3) is 20.2 Å². The first-order valence-corrected chi connectivity index (χ1v) is 30.7. The van der Waals surface area contributed by atoms with Gasteiger partial charge in [0.1, 0.15) is 17.2 Å². The van der Waals surface area contributed by atoms with Crippen LogP contribution in [-0.2, 0) is 36.4 Å². The van der Waals surface area contributed by atoms with Crippen molar-refractivity contribution in [3.63, 3.8) is 0 Å². The highest BCUT2D eigenvalue weighted by atomic mass is 16.5. The molecule has 0 saturated carbocycles. The molecule has 0 unspecified atom stereocenters. The van der Waals surface area contributed by atoms with E-state index in [1.807, 2.05) is 0 Å². The number of fused-ring (bicyclic) bond motifs is 17. The summed E-state index contributed by atoms with van der Waals surface area (Å²) in [6.45, 7) is 15.7. The second-order valence-electron chi connectivity index (χ2n) is 26.5. The standard InChI is InChI=1S/C31H22NO.C27H20NO.C23H18NO.3CH4/c1-31(2)25-16-24-22-10-6-5-7-18(22)11-12-23(24)30-28(25)29-26(31)14-21-13-19-8-3-4-9-20(19)15-27(21)32(29)17-33-30;1-27(2)21-14-20-18-9-5-3-7-16(18)11-12-19(20)26-24(21)25-22(27)13-17-8-4-6-10-23(17)28(25)15-29-26;1-23(2)18-8-5-11-24-13-25-22-16-10-9-14-6-3-4-7-15(14)17(16)12-19(23)20(22)21(18)24;;;/h3-16H,17H2,1-2H3;3-14H,15H2,1-2H3;3-12H,13H2,1-2H3;3*1H4/q3*+1;;;. The molecule has 6 aliphatic rings. The summed E-state index contributed by atoms with van der Waals surface area (Å²) < 4.78 is 26.4. The summed E-state index contributed by atoms with van der Waals surface area (Å²) in [5.74, 6) is 3.14. The Balaban J connectivity index is 0.000000107. The van der Waals surface area contributed by atoms with Gasteiger partial charge < -0.3 is 14.2 Å². The molecule has 0 radical (unpaired) electrons. The highest BCUT2D eigenvalue weighted by Gasteiger charge is 2.50. The molecule has 12 aromatic carbocycles. The maximum Gasteiger partial charge on any atom is 0.293 e. The van der Waals surface area contributed by atoms with Crippen molar-refractivity contribution in [1.29, 1.82) is 0 Å². The van der Waals surface area contributed by atoms with Gasteiger partial charge in [-0.15, -0.1) is 0 Å². The van der Waals surface area contributed by atoms with Crippen LogP contribution in [0.25, 0.3) is 131 Å². The van der Waals surface area contributed by atoms with Crippen molar-refractivity contribution in [1.82, 2.24) is 0 Å². The molecule has 15 aromatic rings. The summed E-state index contributed by atoms with van der Waals surface area (Å²) in [4.78, 5) is 0. The summed E-state index contributed by atoms with van der Waals surface area (Å²) in [5, 5.41) is 20.3. The van der Waals surface area contributed by atoms with Crippen LogP contribution in [0.5, 0.6) is 17.2 Å². The van der Waals surface area contributed by atoms with Crippen molar-refractivity contribution in [2.24, 2.45) is 0 Å². The molecular weight excluding hydrogens is 1100 g/mol. The third-order valence-corrected chi connectivity index (χ3v) is 20.9. The molecule has 90 heavy (non-hydrogen) atoms. The normalized spacial score (nSPS) is 15.1. The fourth-order valence-corrected chi connectivity index (χ4v) is 16.5. The van der Waals surface area contributed by atoms with Crippen LogP contribution in [-0.4, -0.2) is 0 Å². The van der Waals surface area contributed by atoms with Crippen LogP contribution in [0.4, 0.5) is 0 Å². The van der Waals surface area contributed by atoms with Crippen LogP contribution >= 0.6 is 0 Å². The van der Waals surface area contributed by atoms with E-state index < -0.39 is 0 Å². The molecule has 0 fully saturated rings. The van der Waals surface area contributed by atoms with Gasteiger partial charge in [-0.2, -0.15) is 13.7 Å². The lowest BCUT2D eigenvalue weighted by Gasteiger charge is -2.21. The zero-order chi connectivity index (χ0) is 58.0. The maximum atomic E-state index is 6.60. The highest BCUT2D eigenvalue weighted by Crippen LogP contribution is 2.59. The Morgan fingerprint density at radius 3 is 1.17 bits per heavy atom. The van der Waals surface area contributed by atoms with E-state index in [-0.39, 0.29) is 38.5 Å². The van der Waals surface area contributed by atoms with Crippen molar-refractivity contribution < 1.29 is 27.9 Å². The quantitative estimate of drug-likeness (QED) is 0.0863. The van der Waals surface area contributed by atoms with Gasteiger partial charge in [-0.3, -0.25) is 0 Å². The molecule has 0 bridgehead atoms. The molecule has 3 aromatic heterocycles. The zero-order valence-electron chi connectivity index (χ0n) is 49.5. The summed E-state index contributed by atoms with van der Waals surface area (Å²) in [6, 6.07) is 77.6. The number of benzene rings is 12. The van der Waals surface area contributed by atoms with Gasteiger partial charge in [-0.05, 0) is 143 Å². The van der Waals surface area contributed by atoms with E-state index in [0.717, 1.165) is 17.2 Å². The lowest BCUT2D eigenvalue weighted by Crippen LogP contribution is -2.42. The van der Waals surface area contributed by atoms with Gasteiger partial charge in [-0.25, -0.2) is 0 Å². The van der Waals surface area contributed by atoms with Crippen LogP contribution in [0.2, 0.25) is 0 Å². The lowest BCUT2D eigenvalue weighted by atomic mass is 9.81. The molecule has 0 N–H and O–H groups in total. The smallest absolute Gasteiger partial charge is 0.293 e. The first kappa shape index (κ1) is 55.2. The van der Waals surface area contributed by atoms with Crippen LogP contribution < -0.4 is 27.9 Å². The SMILES string of the molecule is C.C.C.CC1(C)c2cc3c(ccc4ccccc43)c3c2-c2c1cc1cc4ccccc4cc1[n+]2CO3.CC1(C)c2cc3c(ccc4ccccc43)c3c2-c2c1cc1ccccc1[n+]2CO3.CC1(C)c2cc3c(ccc4ccccc43)c3c2-c2c1ccc[n+]2CO3. The minimum absolute atomic E-state index is 0. The Morgan fingerprint density at radius 2 is 0.667 bits per heavy atom. The van der Waals surface area contributed by atoms with E-state index in [0.29, 0.717) is 20.2 Å². The van der Waals surface area contributed by atoms with Crippen molar-refractivity contribution in [2.45, 2.75) is 100 Å². The minimum Gasteiger partial charge on any atom is -0.434 e. The number of rotatable bonds is 0. The van der Waals surface area contributed by atoms with Gasteiger partial charge in [-0.1, -0.05) is 191 Å². The Hall–Kier alpha value is -10.2. The van der Waals surface area contributed by atoms with Gasteiger partial charge in [0.15, 0.2) is 6.20 Å². The predicted molar refractivity (Wildman–Crippen MR) is 372 cm³/mol.